The Morgan fingerprint density at radius 1 is 1.17 bits per heavy atom. The molecule has 0 radical (unpaired) electrons. The fourth-order valence-corrected chi connectivity index (χ4v) is 6.09. The van der Waals surface area contributed by atoms with Gasteiger partial charge in [0.2, 0.25) is 0 Å². The van der Waals surface area contributed by atoms with Gasteiger partial charge in [-0.15, -0.1) is 0 Å². The Kier molecular flexibility index (Phi) is 3.42. The van der Waals surface area contributed by atoms with Gasteiger partial charge in [0.15, 0.2) is 0 Å². The second-order valence-corrected chi connectivity index (χ2v) is 8.48. The molecule has 1 aromatic rings. The van der Waals surface area contributed by atoms with E-state index in [2.05, 4.69) is 19.9 Å². The lowest BCUT2D eigenvalue weighted by Crippen LogP contribution is -2.49. The average Bonchev–Trinajstić information content (AvgIpc) is 2.83. The van der Waals surface area contributed by atoms with Crippen LogP contribution in [-0.4, -0.2) is 11.8 Å². The van der Waals surface area contributed by atoms with Crippen molar-refractivity contribution in [1.29, 1.82) is 0 Å². The van der Waals surface area contributed by atoms with Crippen LogP contribution < -0.4 is 4.74 Å². The van der Waals surface area contributed by atoms with Crippen LogP contribution in [-0.2, 0) is 16.0 Å². The van der Waals surface area contributed by atoms with Gasteiger partial charge in [0.1, 0.15) is 11.5 Å². The third-order valence-corrected chi connectivity index (χ3v) is 7.30. The standard InChI is InChI=1S/C21H26O3/c1-13(22)24-15-4-5-16-14(12-15)8-10-20(2)17(16)9-11-21(3)18(20)6-7-19(21)23/h4-5,12,17-18H,6-11H2,1-3H3. The molecule has 2 saturated carbocycles. The van der Waals surface area contributed by atoms with Gasteiger partial charge in [-0.25, -0.2) is 0 Å². The van der Waals surface area contributed by atoms with E-state index in [4.69, 9.17) is 4.74 Å². The quantitative estimate of drug-likeness (QED) is 0.566. The SMILES string of the molecule is CC(=O)Oc1ccc2c(c1)CCC1(C)C2CCC2(C)C(=O)CCC21. The van der Waals surface area contributed by atoms with E-state index in [1.165, 1.54) is 18.1 Å². The number of benzene rings is 1. The van der Waals surface area contributed by atoms with Gasteiger partial charge >= 0.3 is 5.97 Å². The molecule has 0 bridgehead atoms. The van der Waals surface area contributed by atoms with Gasteiger partial charge in [0.25, 0.3) is 0 Å². The van der Waals surface area contributed by atoms with Crippen LogP contribution in [0.1, 0.15) is 69.9 Å². The first-order valence-corrected chi connectivity index (χ1v) is 9.19. The Balaban J connectivity index is 1.71. The van der Waals surface area contributed by atoms with Crippen molar-refractivity contribution in [3.05, 3.63) is 29.3 Å². The Morgan fingerprint density at radius 2 is 1.96 bits per heavy atom. The van der Waals surface area contributed by atoms with E-state index >= 15 is 0 Å². The number of Topliss-reactive ketones (excluding diaryl/α,β-unsaturated/α-hetero) is 1. The molecule has 1 aromatic carbocycles. The molecule has 24 heavy (non-hydrogen) atoms. The molecule has 128 valence electrons. The topological polar surface area (TPSA) is 43.4 Å². The molecule has 0 aliphatic heterocycles. The number of carbonyl (C=O) groups excluding carboxylic acids is 2. The predicted octanol–water partition coefficient (Wildman–Crippen LogP) is 4.43. The minimum absolute atomic E-state index is 0.0968. The second kappa shape index (κ2) is 5.18. The first-order valence-electron chi connectivity index (χ1n) is 9.19. The summed E-state index contributed by atoms with van der Waals surface area (Å²) in [6.45, 7) is 6.07. The summed E-state index contributed by atoms with van der Waals surface area (Å²) in [7, 11) is 0. The first kappa shape index (κ1) is 15.9. The van der Waals surface area contributed by atoms with Gasteiger partial charge in [-0.3, -0.25) is 9.59 Å². The summed E-state index contributed by atoms with van der Waals surface area (Å²) in [5, 5.41) is 0. The van der Waals surface area contributed by atoms with Crippen LogP contribution in [0.5, 0.6) is 5.75 Å². The van der Waals surface area contributed by atoms with Crippen LogP contribution in [0.3, 0.4) is 0 Å². The highest BCUT2D eigenvalue weighted by Crippen LogP contribution is 2.65. The number of ketones is 1. The Morgan fingerprint density at radius 3 is 2.71 bits per heavy atom. The highest BCUT2D eigenvalue weighted by molar-refractivity contribution is 5.87. The zero-order valence-corrected chi connectivity index (χ0v) is 14.9. The maximum Gasteiger partial charge on any atom is 0.308 e. The van der Waals surface area contributed by atoms with E-state index in [-0.39, 0.29) is 16.8 Å². The first-order chi connectivity index (χ1) is 11.3. The van der Waals surface area contributed by atoms with Crippen molar-refractivity contribution in [2.24, 2.45) is 16.7 Å². The molecule has 4 atom stereocenters. The largest absolute Gasteiger partial charge is 0.427 e. The van der Waals surface area contributed by atoms with Gasteiger partial charge < -0.3 is 4.74 Å². The summed E-state index contributed by atoms with van der Waals surface area (Å²) in [6.07, 6.45) is 6.07. The van der Waals surface area contributed by atoms with Gasteiger partial charge in [-0.2, -0.15) is 0 Å². The number of rotatable bonds is 1. The van der Waals surface area contributed by atoms with Crippen molar-refractivity contribution >= 4 is 11.8 Å². The maximum atomic E-state index is 12.5. The molecule has 2 fully saturated rings. The number of esters is 1. The minimum Gasteiger partial charge on any atom is -0.427 e. The number of ether oxygens (including phenoxy) is 1. The van der Waals surface area contributed by atoms with Crippen LogP contribution in [0.2, 0.25) is 0 Å². The molecule has 0 amide bonds. The van der Waals surface area contributed by atoms with Crippen molar-refractivity contribution in [3.63, 3.8) is 0 Å². The van der Waals surface area contributed by atoms with Crippen LogP contribution in [0.25, 0.3) is 0 Å². The lowest BCUT2D eigenvalue weighted by Gasteiger charge is -2.55. The van der Waals surface area contributed by atoms with E-state index < -0.39 is 0 Å². The van der Waals surface area contributed by atoms with Crippen molar-refractivity contribution in [1.82, 2.24) is 0 Å². The molecule has 0 heterocycles. The van der Waals surface area contributed by atoms with Crippen molar-refractivity contribution in [3.8, 4) is 5.75 Å². The molecule has 3 nitrogen and oxygen atoms in total. The monoisotopic (exact) mass is 326 g/mol. The molecular weight excluding hydrogens is 300 g/mol. The third kappa shape index (κ3) is 2.09. The average molecular weight is 326 g/mol. The highest BCUT2D eigenvalue weighted by atomic mass is 16.5. The molecule has 0 N–H and O–H groups in total. The van der Waals surface area contributed by atoms with Crippen LogP contribution in [0, 0.1) is 16.7 Å². The zero-order chi connectivity index (χ0) is 17.1. The van der Waals surface area contributed by atoms with Gasteiger partial charge in [-0.05, 0) is 72.6 Å². The molecule has 0 aromatic heterocycles. The minimum atomic E-state index is -0.270. The fraction of sp³-hybridized carbons (Fsp3) is 0.619. The van der Waals surface area contributed by atoms with E-state index in [0.29, 0.717) is 23.4 Å². The van der Waals surface area contributed by atoms with E-state index in [9.17, 15) is 9.59 Å². The van der Waals surface area contributed by atoms with Crippen LogP contribution >= 0.6 is 0 Å². The number of carbonyl (C=O) groups is 2. The van der Waals surface area contributed by atoms with Gasteiger partial charge in [-0.1, -0.05) is 19.9 Å². The summed E-state index contributed by atoms with van der Waals surface area (Å²) in [5.41, 5.74) is 2.86. The Hall–Kier alpha value is -1.64. The maximum absolute atomic E-state index is 12.5. The van der Waals surface area contributed by atoms with Crippen molar-refractivity contribution in [2.45, 2.75) is 65.2 Å². The van der Waals surface area contributed by atoms with Gasteiger partial charge in [0.05, 0.1) is 0 Å². The molecule has 3 aliphatic rings. The van der Waals surface area contributed by atoms with E-state index in [1.54, 1.807) is 0 Å². The lowest BCUT2D eigenvalue weighted by atomic mass is 9.48. The summed E-state index contributed by atoms with van der Waals surface area (Å²) in [6, 6.07) is 6.14. The summed E-state index contributed by atoms with van der Waals surface area (Å²) < 4.78 is 5.26. The molecule has 0 saturated heterocycles. The van der Waals surface area contributed by atoms with Gasteiger partial charge in [0, 0.05) is 18.8 Å². The number of aryl methyl sites for hydroxylation is 1. The summed E-state index contributed by atoms with van der Waals surface area (Å²) >= 11 is 0. The summed E-state index contributed by atoms with van der Waals surface area (Å²) in [4.78, 5) is 23.7. The fourth-order valence-electron chi connectivity index (χ4n) is 6.09. The Bertz CT molecular complexity index is 722. The lowest BCUT2D eigenvalue weighted by molar-refractivity contribution is -0.132. The van der Waals surface area contributed by atoms with E-state index in [1.807, 2.05) is 12.1 Å². The predicted molar refractivity (Wildman–Crippen MR) is 92.0 cm³/mol. The number of hydrogen-bond acceptors (Lipinski definition) is 3. The normalized spacial score (nSPS) is 37.4. The number of fused-ring (bicyclic) bond motifs is 5. The zero-order valence-electron chi connectivity index (χ0n) is 14.9. The molecule has 4 unspecified atom stereocenters. The smallest absolute Gasteiger partial charge is 0.308 e. The van der Waals surface area contributed by atoms with Crippen molar-refractivity contribution < 1.29 is 14.3 Å². The van der Waals surface area contributed by atoms with E-state index in [0.717, 1.165) is 38.5 Å². The Labute approximate surface area is 143 Å². The van der Waals surface area contributed by atoms with Crippen molar-refractivity contribution in [2.75, 3.05) is 0 Å². The second-order valence-electron chi connectivity index (χ2n) is 8.48. The molecule has 4 rings (SSSR count). The van der Waals surface area contributed by atoms with Crippen LogP contribution in [0.4, 0.5) is 0 Å². The molecule has 0 spiro atoms. The molecule has 3 aliphatic carbocycles. The number of hydrogen-bond donors (Lipinski definition) is 0. The van der Waals surface area contributed by atoms with Crippen LogP contribution in [0.15, 0.2) is 18.2 Å². The summed E-state index contributed by atoms with van der Waals surface area (Å²) in [5.74, 6) is 1.91. The molecule has 3 heteroatoms. The third-order valence-electron chi connectivity index (χ3n) is 7.30. The molecular formula is C21H26O3. The highest BCUT2D eigenvalue weighted by Gasteiger charge is 2.59.